The monoisotopic (exact) mass is 298 g/mol. The lowest BCUT2D eigenvalue weighted by atomic mass is 9.88. The molecular weight excluding hydrogens is 280 g/mol. The molecule has 1 atom stereocenters. The Morgan fingerprint density at radius 3 is 2.65 bits per heavy atom. The predicted molar refractivity (Wildman–Crippen MR) is 73.9 cm³/mol. The van der Waals surface area contributed by atoms with Crippen molar-refractivity contribution in [2.75, 3.05) is 6.54 Å². The van der Waals surface area contributed by atoms with E-state index in [4.69, 9.17) is 5.73 Å². The zero-order valence-corrected chi connectivity index (χ0v) is 12.0. The fourth-order valence-electron chi connectivity index (χ4n) is 1.39. The van der Waals surface area contributed by atoms with Crippen LogP contribution in [0.4, 0.5) is 0 Å². The van der Waals surface area contributed by atoms with E-state index in [9.17, 15) is 4.79 Å². The molecule has 0 aliphatic rings. The molecule has 0 aliphatic carbocycles. The minimum absolute atomic E-state index is 0.0899. The van der Waals surface area contributed by atoms with Crippen molar-refractivity contribution in [3.63, 3.8) is 0 Å². The Balaban J connectivity index is 2.85. The summed E-state index contributed by atoms with van der Waals surface area (Å²) in [5.74, 6) is 0.191. The van der Waals surface area contributed by atoms with E-state index in [1.165, 1.54) is 0 Å². The molecular formula is C13H19BrN2O. The molecule has 1 unspecified atom stereocenters. The second-order valence-corrected chi connectivity index (χ2v) is 5.66. The molecule has 3 nitrogen and oxygen atoms in total. The van der Waals surface area contributed by atoms with Crippen LogP contribution in [-0.2, 0) is 0 Å². The third-order valence-corrected chi connectivity index (χ3v) is 3.68. The summed E-state index contributed by atoms with van der Waals surface area (Å²) < 4.78 is 0.893. The Kier molecular flexibility index (Phi) is 4.71. The number of hydrogen-bond acceptors (Lipinski definition) is 2. The SMILES string of the molecule is CC(C)C(C)(CN)NC(=O)c1cccc(Br)c1. The molecule has 17 heavy (non-hydrogen) atoms. The van der Waals surface area contributed by atoms with Crippen molar-refractivity contribution in [3.05, 3.63) is 34.3 Å². The van der Waals surface area contributed by atoms with Crippen LogP contribution in [-0.4, -0.2) is 18.0 Å². The van der Waals surface area contributed by atoms with Gasteiger partial charge in [-0.25, -0.2) is 0 Å². The Labute approximate surface area is 111 Å². The van der Waals surface area contributed by atoms with Crippen molar-refractivity contribution in [2.24, 2.45) is 11.7 Å². The molecule has 0 aromatic heterocycles. The molecule has 0 fully saturated rings. The highest BCUT2D eigenvalue weighted by atomic mass is 79.9. The van der Waals surface area contributed by atoms with Crippen molar-refractivity contribution in [2.45, 2.75) is 26.3 Å². The third kappa shape index (κ3) is 3.54. The maximum absolute atomic E-state index is 12.1. The lowest BCUT2D eigenvalue weighted by Gasteiger charge is -2.33. The van der Waals surface area contributed by atoms with Crippen molar-refractivity contribution in [3.8, 4) is 0 Å². The van der Waals surface area contributed by atoms with E-state index in [2.05, 4.69) is 21.2 Å². The first-order chi connectivity index (χ1) is 7.89. The standard InChI is InChI=1S/C13H19BrN2O/c1-9(2)13(3,8-15)16-12(17)10-5-4-6-11(14)7-10/h4-7,9H,8,15H2,1-3H3,(H,16,17). The first-order valence-electron chi connectivity index (χ1n) is 5.67. The molecule has 0 aliphatic heterocycles. The number of carbonyl (C=O) groups is 1. The van der Waals surface area contributed by atoms with Crippen LogP contribution in [0.2, 0.25) is 0 Å². The third-order valence-electron chi connectivity index (χ3n) is 3.18. The summed E-state index contributed by atoms with van der Waals surface area (Å²) in [6, 6.07) is 7.32. The summed E-state index contributed by atoms with van der Waals surface area (Å²) in [4.78, 5) is 12.1. The lowest BCUT2D eigenvalue weighted by Crippen LogP contribution is -2.55. The van der Waals surface area contributed by atoms with Gasteiger partial charge in [0.25, 0.3) is 5.91 Å². The molecule has 0 spiro atoms. The molecule has 0 heterocycles. The van der Waals surface area contributed by atoms with E-state index in [1.807, 2.05) is 32.9 Å². The van der Waals surface area contributed by atoms with E-state index in [1.54, 1.807) is 12.1 Å². The van der Waals surface area contributed by atoms with Gasteiger partial charge >= 0.3 is 0 Å². The van der Waals surface area contributed by atoms with Gasteiger partial charge in [0.1, 0.15) is 0 Å². The second-order valence-electron chi connectivity index (χ2n) is 4.74. The average Bonchev–Trinajstić information content (AvgIpc) is 2.28. The normalized spacial score (nSPS) is 14.5. The summed E-state index contributed by atoms with van der Waals surface area (Å²) in [5.41, 5.74) is 6.00. The largest absolute Gasteiger partial charge is 0.345 e. The minimum Gasteiger partial charge on any atom is -0.345 e. The zero-order valence-electron chi connectivity index (χ0n) is 10.5. The molecule has 3 N–H and O–H groups in total. The molecule has 94 valence electrons. The van der Waals surface area contributed by atoms with Crippen molar-refractivity contribution in [1.82, 2.24) is 5.32 Å². The van der Waals surface area contributed by atoms with Crippen molar-refractivity contribution in [1.29, 1.82) is 0 Å². The fourth-order valence-corrected chi connectivity index (χ4v) is 1.79. The van der Waals surface area contributed by atoms with Crippen LogP contribution in [0.3, 0.4) is 0 Å². The van der Waals surface area contributed by atoms with Crippen LogP contribution >= 0.6 is 15.9 Å². The summed E-state index contributed by atoms with van der Waals surface area (Å²) in [7, 11) is 0. The molecule has 0 saturated carbocycles. The molecule has 1 rings (SSSR count). The number of nitrogens with two attached hydrogens (primary N) is 1. The lowest BCUT2D eigenvalue weighted by molar-refractivity contribution is 0.0883. The minimum atomic E-state index is -0.376. The number of benzene rings is 1. The Bertz CT molecular complexity index is 406. The summed E-state index contributed by atoms with van der Waals surface area (Å²) >= 11 is 3.35. The van der Waals surface area contributed by atoms with Crippen LogP contribution in [0, 0.1) is 5.92 Å². The molecule has 0 radical (unpaired) electrons. The quantitative estimate of drug-likeness (QED) is 0.897. The van der Waals surface area contributed by atoms with Crippen molar-refractivity contribution >= 4 is 21.8 Å². The van der Waals surface area contributed by atoms with E-state index in [0.717, 1.165) is 4.47 Å². The van der Waals surface area contributed by atoms with Crippen LogP contribution < -0.4 is 11.1 Å². The number of nitrogens with one attached hydrogen (secondary N) is 1. The highest BCUT2D eigenvalue weighted by molar-refractivity contribution is 9.10. The smallest absolute Gasteiger partial charge is 0.251 e. The van der Waals surface area contributed by atoms with E-state index in [0.29, 0.717) is 12.1 Å². The van der Waals surface area contributed by atoms with E-state index < -0.39 is 0 Å². The van der Waals surface area contributed by atoms with Gasteiger partial charge in [-0.1, -0.05) is 35.8 Å². The summed E-state index contributed by atoms with van der Waals surface area (Å²) in [6.07, 6.45) is 0. The Morgan fingerprint density at radius 1 is 1.53 bits per heavy atom. The first-order valence-corrected chi connectivity index (χ1v) is 6.46. The number of carbonyl (C=O) groups excluding carboxylic acids is 1. The Morgan fingerprint density at radius 2 is 2.18 bits per heavy atom. The van der Waals surface area contributed by atoms with Gasteiger partial charge in [-0.05, 0) is 31.0 Å². The summed E-state index contributed by atoms with van der Waals surface area (Å²) in [5, 5.41) is 3.00. The van der Waals surface area contributed by atoms with E-state index in [-0.39, 0.29) is 17.4 Å². The maximum atomic E-state index is 12.1. The molecule has 4 heteroatoms. The number of halogens is 1. The van der Waals surface area contributed by atoms with Gasteiger partial charge in [0, 0.05) is 16.6 Å². The van der Waals surface area contributed by atoms with Crippen LogP contribution in [0.1, 0.15) is 31.1 Å². The number of rotatable bonds is 4. The topological polar surface area (TPSA) is 55.1 Å². The highest BCUT2D eigenvalue weighted by Crippen LogP contribution is 2.17. The van der Waals surface area contributed by atoms with Gasteiger partial charge in [0.15, 0.2) is 0 Å². The van der Waals surface area contributed by atoms with Crippen LogP contribution in [0.5, 0.6) is 0 Å². The number of hydrogen-bond donors (Lipinski definition) is 2. The summed E-state index contributed by atoms with van der Waals surface area (Å²) in [6.45, 7) is 6.49. The maximum Gasteiger partial charge on any atom is 0.251 e. The van der Waals surface area contributed by atoms with Crippen LogP contribution in [0.15, 0.2) is 28.7 Å². The van der Waals surface area contributed by atoms with Crippen molar-refractivity contribution < 1.29 is 4.79 Å². The zero-order chi connectivity index (χ0) is 13.1. The molecule has 1 aromatic carbocycles. The Hall–Kier alpha value is -0.870. The number of amides is 1. The van der Waals surface area contributed by atoms with Gasteiger partial charge < -0.3 is 11.1 Å². The van der Waals surface area contributed by atoms with Gasteiger partial charge in [-0.3, -0.25) is 4.79 Å². The van der Waals surface area contributed by atoms with E-state index >= 15 is 0 Å². The predicted octanol–water partition coefficient (Wildman–Crippen LogP) is 2.55. The average molecular weight is 299 g/mol. The van der Waals surface area contributed by atoms with Gasteiger partial charge in [0.05, 0.1) is 5.54 Å². The van der Waals surface area contributed by atoms with Crippen LogP contribution in [0.25, 0.3) is 0 Å². The first kappa shape index (κ1) is 14.2. The van der Waals surface area contributed by atoms with Gasteiger partial charge in [0.2, 0.25) is 0 Å². The van der Waals surface area contributed by atoms with Gasteiger partial charge in [-0.2, -0.15) is 0 Å². The molecule has 1 aromatic rings. The molecule has 0 bridgehead atoms. The molecule has 1 amide bonds. The fraction of sp³-hybridized carbons (Fsp3) is 0.462. The highest BCUT2D eigenvalue weighted by Gasteiger charge is 2.28. The molecule has 0 saturated heterocycles. The van der Waals surface area contributed by atoms with Gasteiger partial charge in [-0.15, -0.1) is 0 Å². The second kappa shape index (κ2) is 5.65.